The maximum atomic E-state index is 13.0. The predicted octanol–water partition coefficient (Wildman–Crippen LogP) is 2.15. The molecule has 130 valence electrons. The molecule has 0 N–H and O–H groups in total. The van der Waals surface area contributed by atoms with Crippen LogP contribution in [0, 0.1) is 13.8 Å². The number of fused-ring (bicyclic) bond motifs is 3. The summed E-state index contributed by atoms with van der Waals surface area (Å²) in [4.78, 5) is 30.1. The Kier molecular flexibility index (Phi) is 3.89. The first-order chi connectivity index (χ1) is 11.3. The number of nitrogens with zero attached hydrogens (tertiary/aromatic N) is 5. The van der Waals surface area contributed by atoms with Gasteiger partial charge in [0.05, 0.1) is 0 Å². The minimum atomic E-state index is -0.306. The third-order valence-corrected chi connectivity index (χ3v) is 5.04. The van der Waals surface area contributed by atoms with Crippen LogP contribution in [-0.4, -0.2) is 23.1 Å². The van der Waals surface area contributed by atoms with E-state index in [1.807, 2.05) is 18.2 Å². The third kappa shape index (κ3) is 2.00. The molecule has 0 fully saturated rings. The zero-order chi connectivity index (χ0) is 17.8. The number of rotatable bonds is 4. The highest BCUT2D eigenvalue weighted by Gasteiger charge is 2.23. The third-order valence-electron chi connectivity index (χ3n) is 5.04. The molecule has 0 aromatic carbocycles. The van der Waals surface area contributed by atoms with Gasteiger partial charge in [0.1, 0.15) is 0 Å². The summed E-state index contributed by atoms with van der Waals surface area (Å²) < 4.78 is 6.86. The lowest BCUT2D eigenvalue weighted by Gasteiger charge is -2.13. The van der Waals surface area contributed by atoms with Crippen molar-refractivity contribution in [3.05, 3.63) is 32.2 Å². The molecule has 7 nitrogen and oxygen atoms in total. The van der Waals surface area contributed by atoms with Gasteiger partial charge in [-0.15, -0.1) is 0 Å². The molecule has 0 saturated heterocycles. The monoisotopic (exact) mass is 331 g/mol. The molecular weight excluding hydrogens is 306 g/mol. The number of aromatic nitrogens is 5. The molecule has 0 aliphatic rings. The number of hydrogen-bond acceptors (Lipinski definition) is 3. The number of hydrogen-bond donors (Lipinski definition) is 0. The van der Waals surface area contributed by atoms with Gasteiger partial charge in [-0.3, -0.25) is 18.3 Å². The fraction of sp³-hybridized carbons (Fsp3) is 0.588. The summed E-state index contributed by atoms with van der Waals surface area (Å²) in [6, 6.07) is 0.271. The Morgan fingerprint density at radius 2 is 1.79 bits per heavy atom. The second-order valence-electron chi connectivity index (χ2n) is 6.52. The van der Waals surface area contributed by atoms with Crippen molar-refractivity contribution < 1.29 is 0 Å². The Balaban J connectivity index is 2.57. The van der Waals surface area contributed by atoms with Crippen molar-refractivity contribution in [2.24, 2.45) is 7.05 Å². The van der Waals surface area contributed by atoms with E-state index in [1.165, 1.54) is 9.13 Å². The molecule has 0 bridgehead atoms. The number of imidazole rings is 2. The Morgan fingerprint density at radius 1 is 1.12 bits per heavy atom. The second kappa shape index (κ2) is 5.65. The van der Waals surface area contributed by atoms with E-state index in [4.69, 9.17) is 0 Å². The Hall–Kier alpha value is -2.31. The number of aryl methyl sites for hydroxylation is 2. The SMILES string of the molecule is CCCn1c(=O)c2c(nc3n([C@H](C)CC)c(C)c(C)n23)n(C)c1=O. The molecule has 3 aromatic heterocycles. The van der Waals surface area contributed by atoms with Crippen LogP contribution < -0.4 is 11.2 Å². The van der Waals surface area contributed by atoms with Crippen LogP contribution in [-0.2, 0) is 13.6 Å². The highest BCUT2D eigenvalue weighted by atomic mass is 16.2. The van der Waals surface area contributed by atoms with Gasteiger partial charge in [-0.05, 0) is 33.6 Å². The smallest absolute Gasteiger partial charge is 0.311 e. The fourth-order valence-corrected chi connectivity index (χ4v) is 3.41. The molecule has 0 unspecified atom stereocenters. The minimum Gasteiger partial charge on any atom is -0.311 e. The van der Waals surface area contributed by atoms with E-state index in [-0.39, 0.29) is 17.3 Å². The summed E-state index contributed by atoms with van der Waals surface area (Å²) in [7, 11) is 1.68. The zero-order valence-electron chi connectivity index (χ0n) is 15.3. The quantitative estimate of drug-likeness (QED) is 0.736. The van der Waals surface area contributed by atoms with Crippen LogP contribution in [0.2, 0.25) is 0 Å². The second-order valence-corrected chi connectivity index (χ2v) is 6.52. The molecule has 0 aliphatic carbocycles. The average Bonchev–Trinajstić information content (AvgIpc) is 3.05. The average molecular weight is 331 g/mol. The molecule has 0 saturated carbocycles. The van der Waals surface area contributed by atoms with Crippen molar-refractivity contribution in [2.45, 2.75) is 60.0 Å². The van der Waals surface area contributed by atoms with Crippen LogP contribution in [0.4, 0.5) is 0 Å². The van der Waals surface area contributed by atoms with Crippen LogP contribution >= 0.6 is 0 Å². The summed E-state index contributed by atoms with van der Waals surface area (Å²) in [5.74, 6) is 0.732. The van der Waals surface area contributed by atoms with E-state index in [2.05, 4.69) is 30.3 Å². The van der Waals surface area contributed by atoms with Gasteiger partial charge in [0, 0.05) is 31.0 Å². The molecule has 0 spiro atoms. The highest BCUT2D eigenvalue weighted by Crippen LogP contribution is 2.25. The van der Waals surface area contributed by atoms with Crippen LogP contribution in [0.15, 0.2) is 9.59 Å². The predicted molar refractivity (Wildman–Crippen MR) is 95.0 cm³/mol. The lowest BCUT2D eigenvalue weighted by atomic mass is 10.2. The zero-order valence-corrected chi connectivity index (χ0v) is 15.3. The maximum Gasteiger partial charge on any atom is 0.332 e. The van der Waals surface area contributed by atoms with E-state index >= 15 is 0 Å². The van der Waals surface area contributed by atoms with Crippen LogP contribution in [0.5, 0.6) is 0 Å². The first-order valence-electron chi connectivity index (χ1n) is 8.54. The topological polar surface area (TPSA) is 66.2 Å². The highest BCUT2D eigenvalue weighted by molar-refractivity contribution is 5.76. The standard InChI is InChI=1S/C17H25N5O2/c1-7-9-20-15(23)13-14(19(6)17(20)24)18-16-21(10(3)8-2)11(4)12(5)22(13)16/h10H,7-9H2,1-6H3/t10-/m1/s1. The van der Waals surface area contributed by atoms with Crippen molar-refractivity contribution >= 4 is 16.9 Å². The minimum absolute atomic E-state index is 0.258. The van der Waals surface area contributed by atoms with E-state index in [9.17, 15) is 9.59 Å². The maximum absolute atomic E-state index is 13.0. The summed E-state index contributed by atoms with van der Waals surface area (Å²) in [6.07, 6.45) is 1.70. The van der Waals surface area contributed by atoms with Gasteiger partial charge in [0.25, 0.3) is 5.56 Å². The molecule has 3 aromatic rings. The lowest BCUT2D eigenvalue weighted by molar-refractivity contribution is 0.532. The van der Waals surface area contributed by atoms with Crippen molar-refractivity contribution in [3.8, 4) is 0 Å². The molecule has 0 radical (unpaired) electrons. The van der Waals surface area contributed by atoms with Gasteiger partial charge in [0.2, 0.25) is 5.78 Å². The summed E-state index contributed by atoms with van der Waals surface area (Å²) >= 11 is 0. The van der Waals surface area contributed by atoms with E-state index in [0.717, 1.165) is 30.0 Å². The van der Waals surface area contributed by atoms with Crippen LogP contribution in [0.25, 0.3) is 16.9 Å². The van der Waals surface area contributed by atoms with Crippen molar-refractivity contribution in [3.63, 3.8) is 0 Å². The van der Waals surface area contributed by atoms with Crippen molar-refractivity contribution in [1.29, 1.82) is 0 Å². The van der Waals surface area contributed by atoms with Gasteiger partial charge in [-0.1, -0.05) is 13.8 Å². The molecule has 0 amide bonds. The van der Waals surface area contributed by atoms with E-state index < -0.39 is 0 Å². The van der Waals surface area contributed by atoms with E-state index in [1.54, 1.807) is 7.05 Å². The van der Waals surface area contributed by atoms with Crippen molar-refractivity contribution in [1.82, 2.24) is 23.1 Å². The normalized spacial score (nSPS) is 13.2. The van der Waals surface area contributed by atoms with E-state index in [0.29, 0.717) is 17.7 Å². The molecule has 0 aliphatic heterocycles. The first-order valence-corrected chi connectivity index (χ1v) is 8.54. The summed E-state index contributed by atoms with van der Waals surface area (Å²) in [6.45, 7) is 10.7. The van der Waals surface area contributed by atoms with Crippen LogP contribution in [0.3, 0.4) is 0 Å². The van der Waals surface area contributed by atoms with Gasteiger partial charge in [-0.25, -0.2) is 4.79 Å². The van der Waals surface area contributed by atoms with Gasteiger partial charge >= 0.3 is 5.69 Å². The largest absolute Gasteiger partial charge is 0.332 e. The Labute approximate surface area is 140 Å². The molecule has 3 heterocycles. The molecule has 24 heavy (non-hydrogen) atoms. The Morgan fingerprint density at radius 3 is 2.38 bits per heavy atom. The first kappa shape index (κ1) is 16.5. The summed E-state index contributed by atoms with van der Waals surface area (Å²) in [5.41, 5.74) is 2.47. The van der Waals surface area contributed by atoms with Gasteiger partial charge < -0.3 is 4.57 Å². The summed E-state index contributed by atoms with van der Waals surface area (Å²) in [5, 5.41) is 0. The van der Waals surface area contributed by atoms with Gasteiger partial charge in [0.15, 0.2) is 11.2 Å². The van der Waals surface area contributed by atoms with Gasteiger partial charge in [-0.2, -0.15) is 4.98 Å². The fourth-order valence-electron chi connectivity index (χ4n) is 3.41. The molecule has 3 rings (SSSR count). The Bertz CT molecular complexity index is 1050. The molecule has 7 heteroatoms. The van der Waals surface area contributed by atoms with Crippen LogP contribution in [0.1, 0.15) is 51.0 Å². The van der Waals surface area contributed by atoms with Crippen molar-refractivity contribution in [2.75, 3.05) is 0 Å². The lowest BCUT2D eigenvalue weighted by Crippen LogP contribution is -2.39. The molecular formula is C17H25N5O2. The molecule has 1 atom stereocenters.